The van der Waals surface area contributed by atoms with Gasteiger partial charge in [-0.25, -0.2) is 9.89 Å². The van der Waals surface area contributed by atoms with Gasteiger partial charge < -0.3 is 10.2 Å². The Labute approximate surface area is 96.2 Å². The van der Waals surface area contributed by atoms with Gasteiger partial charge in [0.05, 0.1) is 6.54 Å². The Hall–Kier alpha value is -2.38. The zero-order chi connectivity index (χ0) is 12.4. The lowest BCUT2D eigenvalue weighted by molar-refractivity contribution is -0.126. The van der Waals surface area contributed by atoms with Crippen molar-refractivity contribution in [1.29, 1.82) is 0 Å². The number of nitrogens with zero attached hydrogens (tertiary/aromatic N) is 4. The average molecular weight is 236 g/mol. The fourth-order valence-corrected chi connectivity index (χ4v) is 1.22. The molecule has 1 amide bonds. The minimum atomic E-state index is -0.414. The molecule has 0 saturated carbocycles. The Balaban J connectivity index is 2.17. The van der Waals surface area contributed by atoms with Crippen LogP contribution < -0.4 is 11.0 Å². The van der Waals surface area contributed by atoms with E-state index in [1.165, 1.54) is 4.90 Å². The number of hydrogen-bond donors (Lipinski definition) is 2. The maximum absolute atomic E-state index is 11.3. The zero-order valence-corrected chi connectivity index (χ0v) is 9.47. The molecule has 0 aromatic carbocycles. The van der Waals surface area contributed by atoms with Gasteiger partial charge in [0.15, 0.2) is 5.65 Å². The number of hydrogen-bond acceptors (Lipinski definition) is 5. The molecule has 0 aliphatic heterocycles. The molecule has 2 aromatic heterocycles. The van der Waals surface area contributed by atoms with Crippen molar-refractivity contribution in [2.24, 2.45) is 0 Å². The highest BCUT2D eigenvalue weighted by atomic mass is 16.2. The summed E-state index contributed by atoms with van der Waals surface area (Å²) >= 11 is 0. The van der Waals surface area contributed by atoms with E-state index < -0.39 is 5.69 Å². The van der Waals surface area contributed by atoms with Crippen molar-refractivity contribution in [2.75, 3.05) is 26.0 Å². The summed E-state index contributed by atoms with van der Waals surface area (Å²) in [4.78, 5) is 24.1. The molecule has 8 heteroatoms. The van der Waals surface area contributed by atoms with Gasteiger partial charge in [-0.3, -0.25) is 4.79 Å². The summed E-state index contributed by atoms with van der Waals surface area (Å²) in [5.74, 6) is 0.364. The molecule has 8 nitrogen and oxygen atoms in total. The molecule has 0 spiro atoms. The Kier molecular flexibility index (Phi) is 2.77. The minimum absolute atomic E-state index is 0.0774. The van der Waals surface area contributed by atoms with Crippen LogP contribution in [-0.4, -0.2) is 51.3 Å². The van der Waals surface area contributed by atoms with Gasteiger partial charge in [-0.2, -0.15) is 9.61 Å². The second kappa shape index (κ2) is 4.24. The first-order valence-corrected chi connectivity index (χ1v) is 4.96. The van der Waals surface area contributed by atoms with Gasteiger partial charge in [0.2, 0.25) is 5.91 Å². The van der Waals surface area contributed by atoms with Crippen molar-refractivity contribution < 1.29 is 4.79 Å². The molecule has 17 heavy (non-hydrogen) atoms. The first kappa shape index (κ1) is 11.1. The van der Waals surface area contributed by atoms with Crippen LogP contribution in [0.1, 0.15) is 0 Å². The lowest BCUT2D eigenvalue weighted by atomic mass is 10.5. The van der Waals surface area contributed by atoms with Crippen LogP contribution in [0.5, 0.6) is 0 Å². The van der Waals surface area contributed by atoms with E-state index in [4.69, 9.17) is 0 Å². The maximum Gasteiger partial charge on any atom is 0.364 e. The second-order valence-electron chi connectivity index (χ2n) is 3.66. The average Bonchev–Trinajstić information content (AvgIpc) is 2.68. The van der Waals surface area contributed by atoms with Crippen LogP contribution in [0, 0.1) is 0 Å². The molecule has 0 bridgehead atoms. The SMILES string of the molecule is CN(C)C(=O)CNc1ccc2n[nH]c(=O)n2n1. The summed E-state index contributed by atoms with van der Waals surface area (Å²) in [7, 11) is 3.34. The van der Waals surface area contributed by atoms with Crippen molar-refractivity contribution in [3.8, 4) is 0 Å². The highest BCUT2D eigenvalue weighted by Crippen LogP contribution is 2.02. The third-order valence-corrected chi connectivity index (χ3v) is 2.19. The number of fused-ring (bicyclic) bond motifs is 1. The van der Waals surface area contributed by atoms with E-state index in [1.807, 2.05) is 0 Å². The van der Waals surface area contributed by atoms with Crippen LogP contribution in [-0.2, 0) is 4.79 Å². The number of aromatic nitrogens is 4. The predicted octanol–water partition coefficient (Wildman–Crippen LogP) is -1.08. The summed E-state index contributed by atoms with van der Waals surface area (Å²) in [5, 5.41) is 12.8. The number of aromatic amines is 1. The van der Waals surface area contributed by atoms with Crippen LogP contribution in [0.25, 0.3) is 5.65 Å². The highest BCUT2D eigenvalue weighted by Gasteiger charge is 2.05. The van der Waals surface area contributed by atoms with Crippen molar-refractivity contribution in [3.63, 3.8) is 0 Å². The molecule has 2 heterocycles. The molecule has 0 aliphatic rings. The molecule has 0 aliphatic carbocycles. The predicted molar refractivity (Wildman–Crippen MR) is 60.8 cm³/mol. The molecule has 0 atom stereocenters. The fourth-order valence-electron chi connectivity index (χ4n) is 1.22. The smallest absolute Gasteiger partial charge is 0.360 e. The Bertz CT molecular complexity index is 599. The number of anilines is 1. The zero-order valence-electron chi connectivity index (χ0n) is 9.47. The first-order valence-electron chi connectivity index (χ1n) is 4.96. The standard InChI is InChI=1S/C9H12N6O2/c1-14(2)8(16)5-10-6-3-4-7-11-12-9(17)15(7)13-6/h3-4H,5H2,1-2H3,(H,10,13)(H,12,17). The molecule has 2 aromatic rings. The summed E-state index contributed by atoms with van der Waals surface area (Å²) in [5.41, 5.74) is 0.0158. The summed E-state index contributed by atoms with van der Waals surface area (Å²) in [6, 6.07) is 3.28. The topological polar surface area (TPSA) is 95.4 Å². The highest BCUT2D eigenvalue weighted by molar-refractivity contribution is 5.80. The number of carbonyl (C=O) groups excluding carboxylic acids is 1. The van der Waals surface area contributed by atoms with Crippen LogP contribution in [0.2, 0.25) is 0 Å². The Morgan fingerprint density at radius 1 is 1.53 bits per heavy atom. The molecule has 2 rings (SSSR count). The van der Waals surface area contributed by atoms with E-state index in [0.29, 0.717) is 11.5 Å². The summed E-state index contributed by atoms with van der Waals surface area (Å²) in [6.45, 7) is 0.123. The third kappa shape index (κ3) is 2.25. The van der Waals surface area contributed by atoms with Crippen LogP contribution >= 0.6 is 0 Å². The Morgan fingerprint density at radius 3 is 3.00 bits per heavy atom. The third-order valence-electron chi connectivity index (χ3n) is 2.19. The second-order valence-corrected chi connectivity index (χ2v) is 3.66. The number of nitrogens with one attached hydrogen (secondary N) is 2. The van der Waals surface area contributed by atoms with Crippen molar-refractivity contribution in [2.45, 2.75) is 0 Å². The van der Waals surface area contributed by atoms with E-state index >= 15 is 0 Å². The largest absolute Gasteiger partial charge is 0.364 e. The lowest BCUT2D eigenvalue weighted by Crippen LogP contribution is -2.29. The maximum atomic E-state index is 11.3. The van der Waals surface area contributed by atoms with Gasteiger partial charge in [-0.1, -0.05) is 0 Å². The van der Waals surface area contributed by atoms with Gasteiger partial charge in [0.25, 0.3) is 0 Å². The van der Waals surface area contributed by atoms with Gasteiger partial charge >= 0.3 is 5.69 Å². The minimum Gasteiger partial charge on any atom is -0.360 e. The van der Waals surface area contributed by atoms with E-state index in [0.717, 1.165) is 4.52 Å². The molecular weight excluding hydrogens is 224 g/mol. The number of amides is 1. The number of H-pyrrole nitrogens is 1. The summed E-state index contributed by atoms with van der Waals surface area (Å²) < 4.78 is 1.13. The summed E-state index contributed by atoms with van der Waals surface area (Å²) in [6.07, 6.45) is 0. The van der Waals surface area contributed by atoms with Gasteiger partial charge in [0.1, 0.15) is 5.82 Å². The van der Waals surface area contributed by atoms with Crippen LogP contribution in [0.4, 0.5) is 5.82 Å². The molecule has 0 fully saturated rings. The number of likely N-dealkylation sites (N-methyl/N-ethyl adjacent to an activating group) is 1. The molecule has 0 saturated heterocycles. The van der Waals surface area contributed by atoms with Gasteiger partial charge in [-0.15, -0.1) is 5.10 Å². The normalized spacial score (nSPS) is 10.5. The van der Waals surface area contributed by atoms with Gasteiger partial charge in [0, 0.05) is 14.1 Å². The molecule has 90 valence electrons. The molecule has 0 unspecified atom stereocenters. The Morgan fingerprint density at radius 2 is 2.29 bits per heavy atom. The monoisotopic (exact) mass is 236 g/mol. The van der Waals surface area contributed by atoms with E-state index in [1.54, 1.807) is 26.2 Å². The molecule has 0 radical (unpaired) electrons. The molecular formula is C9H12N6O2. The van der Waals surface area contributed by atoms with Crippen molar-refractivity contribution in [3.05, 3.63) is 22.6 Å². The fraction of sp³-hybridized carbons (Fsp3) is 0.333. The molecule has 2 N–H and O–H groups in total. The first-order chi connectivity index (χ1) is 8.08. The van der Waals surface area contributed by atoms with Crippen LogP contribution in [0.3, 0.4) is 0 Å². The van der Waals surface area contributed by atoms with Crippen molar-refractivity contribution >= 4 is 17.4 Å². The lowest BCUT2D eigenvalue weighted by Gasteiger charge is -2.10. The number of carbonyl (C=O) groups is 1. The van der Waals surface area contributed by atoms with E-state index in [9.17, 15) is 9.59 Å². The quantitative estimate of drug-likeness (QED) is 0.706. The van der Waals surface area contributed by atoms with Crippen molar-refractivity contribution in [1.82, 2.24) is 24.7 Å². The van der Waals surface area contributed by atoms with Crippen LogP contribution in [0.15, 0.2) is 16.9 Å². The van der Waals surface area contributed by atoms with Gasteiger partial charge in [-0.05, 0) is 12.1 Å². The van der Waals surface area contributed by atoms with E-state index in [2.05, 4.69) is 20.6 Å². The van der Waals surface area contributed by atoms with E-state index in [-0.39, 0.29) is 12.5 Å². The number of rotatable bonds is 3.